The molecule has 1 aromatic rings. The molecule has 0 unspecified atom stereocenters. The molecule has 14 heavy (non-hydrogen) atoms. The van der Waals surface area contributed by atoms with Crippen LogP contribution in [0.2, 0.25) is 5.02 Å². The molecule has 0 radical (unpaired) electrons. The zero-order valence-corrected chi connectivity index (χ0v) is 10.6. The van der Waals surface area contributed by atoms with Crippen LogP contribution < -0.4 is 0 Å². The van der Waals surface area contributed by atoms with Gasteiger partial charge in [-0.1, -0.05) is 17.7 Å². The van der Waals surface area contributed by atoms with Crippen molar-refractivity contribution in [3.63, 3.8) is 0 Å². The Morgan fingerprint density at radius 3 is 2.79 bits per heavy atom. The molecular formula is C10H8BrClOS. The van der Waals surface area contributed by atoms with Gasteiger partial charge in [-0.2, -0.15) is 0 Å². The second-order valence-corrected chi connectivity index (χ2v) is 4.71. The molecule has 0 aliphatic rings. The smallest absolute Gasteiger partial charge is 0.157 e. The predicted molar refractivity (Wildman–Crippen MR) is 66.2 cm³/mol. The van der Waals surface area contributed by atoms with E-state index < -0.39 is 0 Å². The Morgan fingerprint density at radius 1 is 1.57 bits per heavy atom. The van der Waals surface area contributed by atoms with Gasteiger partial charge in [0.05, 0.1) is 9.51 Å². The highest BCUT2D eigenvalue weighted by Crippen LogP contribution is 2.27. The van der Waals surface area contributed by atoms with Gasteiger partial charge in [0, 0.05) is 4.90 Å². The Balaban J connectivity index is 3.03. The highest BCUT2D eigenvalue weighted by Gasteiger charge is 1.99. The summed E-state index contributed by atoms with van der Waals surface area (Å²) in [6.45, 7) is 0. The fourth-order valence-electron chi connectivity index (χ4n) is 0.966. The molecule has 4 heteroatoms. The van der Waals surface area contributed by atoms with Crippen LogP contribution in [0.25, 0.3) is 6.08 Å². The first kappa shape index (κ1) is 11.8. The normalized spacial score (nSPS) is 11.5. The van der Waals surface area contributed by atoms with Gasteiger partial charge in [-0.15, -0.1) is 11.8 Å². The van der Waals surface area contributed by atoms with E-state index in [1.54, 1.807) is 17.8 Å². The van der Waals surface area contributed by atoms with Crippen molar-refractivity contribution in [2.24, 2.45) is 0 Å². The first-order valence-corrected chi connectivity index (χ1v) is 6.23. The number of benzene rings is 1. The minimum atomic E-state index is 0.505. The van der Waals surface area contributed by atoms with Gasteiger partial charge in [-0.3, -0.25) is 4.79 Å². The van der Waals surface area contributed by atoms with Crippen LogP contribution in [0.3, 0.4) is 0 Å². The summed E-state index contributed by atoms with van der Waals surface area (Å²) in [6, 6.07) is 5.69. The quantitative estimate of drug-likeness (QED) is 0.476. The average molecular weight is 292 g/mol. The van der Waals surface area contributed by atoms with Crippen LogP contribution in [0.4, 0.5) is 0 Å². The van der Waals surface area contributed by atoms with Gasteiger partial charge in [-0.05, 0) is 46.0 Å². The second-order valence-electron chi connectivity index (χ2n) is 2.54. The number of thioether (sulfide) groups is 1. The Kier molecular flexibility index (Phi) is 4.72. The van der Waals surface area contributed by atoms with E-state index >= 15 is 0 Å². The standard InChI is InChI=1S/C10H8BrClOS/c1-14-10-3-2-7(5-9(10)12)4-8(11)6-13/h2-6H,1H3. The lowest BCUT2D eigenvalue weighted by atomic mass is 10.2. The van der Waals surface area contributed by atoms with Crippen molar-refractivity contribution in [1.82, 2.24) is 0 Å². The Labute approximate surface area is 101 Å². The van der Waals surface area contributed by atoms with E-state index in [2.05, 4.69) is 15.9 Å². The maximum absolute atomic E-state index is 10.4. The van der Waals surface area contributed by atoms with Gasteiger partial charge in [-0.25, -0.2) is 0 Å². The van der Waals surface area contributed by atoms with Crippen molar-refractivity contribution in [2.45, 2.75) is 4.90 Å². The largest absolute Gasteiger partial charge is 0.297 e. The molecular weight excluding hydrogens is 284 g/mol. The lowest BCUT2D eigenvalue weighted by Crippen LogP contribution is -1.78. The summed E-state index contributed by atoms with van der Waals surface area (Å²) >= 11 is 10.7. The zero-order valence-electron chi connectivity index (χ0n) is 7.46. The van der Waals surface area contributed by atoms with Crippen LogP contribution in [0.1, 0.15) is 5.56 Å². The summed E-state index contributed by atoms with van der Waals surface area (Å²) in [6.07, 6.45) is 4.44. The second kappa shape index (κ2) is 5.59. The molecule has 0 amide bonds. The molecule has 0 aliphatic heterocycles. The summed E-state index contributed by atoms with van der Waals surface area (Å²) in [5, 5.41) is 0.706. The molecule has 0 spiro atoms. The number of carbonyl (C=O) groups excluding carboxylic acids is 1. The van der Waals surface area contributed by atoms with E-state index in [-0.39, 0.29) is 0 Å². The monoisotopic (exact) mass is 290 g/mol. The van der Waals surface area contributed by atoms with Crippen molar-refractivity contribution < 1.29 is 4.79 Å². The maximum Gasteiger partial charge on any atom is 0.157 e. The molecule has 0 heterocycles. The number of hydrogen-bond acceptors (Lipinski definition) is 2. The van der Waals surface area contributed by atoms with E-state index in [0.29, 0.717) is 9.51 Å². The predicted octanol–water partition coefficient (Wildman–Crippen LogP) is 4.00. The van der Waals surface area contributed by atoms with Crippen molar-refractivity contribution in [1.29, 1.82) is 0 Å². The highest BCUT2D eigenvalue weighted by atomic mass is 79.9. The molecule has 0 N–H and O–H groups in total. The molecule has 0 saturated carbocycles. The summed E-state index contributed by atoms with van der Waals surface area (Å²) in [5.41, 5.74) is 0.909. The van der Waals surface area contributed by atoms with Gasteiger partial charge >= 0.3 is 0 Å². The van der Waals surface area contributed by atoms with Gasteiger partial charge < -0.3 is 0 Å². The van der Waals surface area contributed by atoms with Crippen LogP contribution in [0.15, 0.2) is 27.6 Å². The van der Waals surface area contributed by atoms with Gasteiger partial charge in [0.15, 0.2) is 6.29 Å². The van der Waals surface area contributed by atoms with Crippen LogP contribution in [0.5, 0.6) is 0 Å². The third-order valence-electron chi connectivity index (χ3n) is 1.59. The van der Waals surface area contributed by atoms with Crippen LogP contribution in [-0.4, -0.2) is 12.5 Å². The summed E-state index contributed by atoms with van der Waals surface area (Å²) in [7, 11) is 0. The first-order valence-electron chi connectivity index (χ1n) is 3.83. The number of carbonyl (C=O) groups is 1. The fraction of sp³-hybridized carbons (Fsp3) is 0.100. The van der Waals surface area contributed by atoms with Crippen molar-refractivity contribution >= 4 is 51.7 Å². The molecule has 74 valence electrons. The molecule has 0 aliphatic carbocycles. The topological polar surface area (TPSA) is 17.1 Å². The summed E-state index contributed by atoms with van der Waals surface area (Å²) < 4.78 is 0.505. The number of rotatable bonds is 3. The number of hydrogen-bond donors (Lipinski definition) is 0. The van der Waals surface area contributed by atoms with Crippen LogP contribution in [0, 0.1) is 0 Å². The van der Waals surface area contributed by atoms with E-state index in [4.69, 9.17) is 11.6 Å². The zero-order chi connectivity index (χ0) is 10.6. The van der Waals surface area contributed by atoms with Crippen molar-refractivity contribution in [2.75, 3.05) is 6.26 Å². The maximum atomic E-state index is 10.4. The average Bonchev–Trinajstić information content (AvgIpc) is 2.18. The van der Waals surface area contributed by atoms with Gasteiger partial charge in [0.1, 0.15) is 0 Å². The lowest BCUT2D eigenvalue weighted by molar-refractivity contribution is -0.104. The molecule has 0 saturated heterocycles. The van der Waals surface area contributed by atoms with Crippen molar-refractivity contribution in [3.05, 3.63) is 33.3 Å². The van der Waals surface area contributed by atoms with Crippen molar-refractivity contribution in [3.8, 4) is 0 Å². The molecule has 1 nitrogen and oxygen atoms in total. The Hall–Kier alpha value is -0.250. The molecule has 0 fully saturated rings. The minimum absolute atomic E-state index is 0.505. The van der Waals surface area contributed by atoms with E-state index in [9.17, 15) is 4.79 Å². The molecule has 0 atom stereocenters. The third-order valence-corrected chi connectivity index (χ3v) is 3.23. The third kappa shape index (κ3) is 3.15. The molecule has 0 aromatic heterocycles. The van der Waals surface area contributed by atoms with Crippen LogP contribution >= 0.6 is 39.3 Å². The minimum Gasteiger partial charge on any atom is -0.297 e. The van der Waals surface area contributed by atoms with E-state index in [1.807, 2.05) is 24.5 Å². The summed E-state index contributed by atoms with van der Waals surface area (Å²) in [5.74, 6) is 0. The Morgan fingerprint density at radius 2 is 2.29 bits per heavy atom. The number of allylic oxidation sites excluding steroid dienone is 1. The molecule has 1 aromatic carbocycles. The van der Waals surface area contributed by atoms with Gasteiger partial charge in [0.25, 0.3) is 0 Å². The number of aldehydes is 1. The lowest BCUT2D eigenvalue weighted by Gasteiger charge is -2.01. The molecule has 1 rings (SSSR count). The van der Waals surface area contributed by atoms with Gasteiger partial charge in [0.2, 0.25) is 0 Å². The SMILES string of the molecule is CSc1ccc(C=C(Br)C=O)cc1Cl. The van der Waals surface area contributed by atoms with Crippen LogP contribution in [-0.2, 0) is 4.79 Å². The number of halogens is 2. The highest BCUT2D eigenvalue weighted by molar-refractivity contribution is 9.12. The molecule has 0 bridgehead atoms. The van der Waals surface area contributed by atoms with E-state index in [0.717, 1.165) is 16.7 Å². The summed E-state index contributed by atoms with van der Waals surface area (Å²) in [4.78, 5) is 11.4. The van der Waals surface area contributed by atoms with E-state index in [1.165, 1.54) is 0 Å². The Bertz CT molecular complexity index is 376. The fourth-order valence-corrected chi connectivity index (χ4v) is 2.11. The first-order chi connectivity index (χ1) is 6.67.